The molecule has 2 aliphatic heterocycles. The molecule has 39 heavy (non-hydrogen) atoms. The summed E-state index contributed by atoms with van der Waals surface area (Å²) < 4.78 is 31.3. The summed E-state index contributed by atoms with van der Waals surface area (Å²) in [6.07, 6.45) is 1.83. The highest BCUT2D eigenvalue weighted by Gasteiger charge is 2.50. The Hall–Kier alpha value is -3.63. The monoisotopic (exact) mass is 554 g/mol. The average molecular weight is 555 g/mol. The van der Waals surface area contributed by atoms with Crippen LogP contribution in [0.3, 0.4) is 0 Å². The van der Waals surface area contributed by atoms with Gasteiger partial charge in [0.15, 0.2) is 26.0 Å². The van der Waals surface area contributed by atoms with Crippen LogP contribution in [-0.4, -0.2) is 56.3 Å². The van der Waals surface area contributed by atoms with Crippen molar-refractivity contribution in [3.63, 3.8) is 0 Å². The van der Waals surface area contributed by atoms with Gasteiger partial charge in [-0.05, 0) is 53.9 Å². The first-order valence-electron chi connectivity index (χ1n) is 12.7. The van der Waals surface area contributed by atoms with Gasteiger partial charge in [-0.1, -0.05) is 45.6 Å². The lowest BCUT2D eigenvalue weighted by molar-refractivity contribution is 0.0590. The Bertz CT molecular complexity index is 1320. The Morgan fingerprint density at radius 2 is 1.90 bits per heavy atom. The number of halogens is 1. The minimum absolute atomic E-state index is 0.0545. The molecule has 0 bridgehead atoms. The first-order valence-corrected chi connectivity index (χ1v) is 15.6. The Morgan fingerprint density at radius 1 is 1.23 bits per heavy atom. The van der Waals surface area contributed by atoms with Crippen molar-refractivity contribution < 1.29 is 33.0 Å². The largest absolute Gasteiger partial charge is 0.504 e. The topological polar surface area (TPSA) is 88.5 Å². The normalized spacial score (nSPS) is 19.2. The van der Waals surface area contributed by atoms with Crippen molar-refractivity contribution in [1.82, 2.24) is 4.90 Å². The maximum absolute atomic E-state index is 14.1. The van der Waals surface area contributed by atoms with Crippen LogP contribution in [0.2, 0.25) is 18.1 Å². The van der Waals surface area contributed by atoms with Gasteiger partial charge in [0.2, 0.25) is 0 Å². The van der Waals surface area contributed by atoms with Gasteiger partial charge < -0.3 is 23.9 Å². The molecule has 0 aromatic heterocycles. The Labute approximate surface area is 229 Å². The number of hydrogen-bond donors (Lipinski definition) is 1. The number of hydrogen-bond acceptors (Lipinski definition) is 6. The zero-order valence-corrected chi connectivity index (χ0v) is 24.2. The lowest BCUT2D eigenvalue weighted by Crippen LogP contribution is -2.57. The van der Waals surface area contributed by atoms with E-state index < -0.39 is 32.6 Å². The predicted octanol–water partition coefficient (Wildman–Crippen LogP) is 6.29. The number of phenolic OH excluding ortho intramolecular Hbond substituents is 1. The lowest BCUT2D eigenvalue weighted by atomic mass is 10.0. The number of carbonyl (C=O) groups excluding carboxylic acids is 2. The van der Waals surface area contributed by atoms with Crippen molar-refractivity contribution in [2.75, 3.05) is 18.6 Å². The van der Waals surface area contributed by atoms with E-state index in [-0.39, 0.29) is 40.2 Å². The third-order valence-electron chi connectivity index (χ3n) is 7.64. The van der Waals surface area contributed by atoms with Gasteiger partial charge in [0.1, 0.15) is 12.4 Å². The molecule has 8 nitrogen and oxygen atoms in total. The molecule has 2 atom stereocenters. The van der Waals surface area contributed by atoms with Crippen molar-refractivity contribution in [2.24, 2.45) is 0 Å². The van der Waals surface area contributed by atoms with Gasteiger partial charge in [0.05, 0.1) is 24.4 Å². The molecule has 0 saturated heterocycles. The number of methoxy groups -OCH3 is 1. The highest BCUT2D eigenvalue weighted by molar-refractivity contribution is 6.74. The molecule has 2 aromatic carbocycles. The number of phenols is 1. The standard InChI is InChI=1S/C29H35FN2O6Si/c1-8-13-37-28(35)32-22-16-24(33)25(36-5)15-21(22)26(34)31-17-19(18-9-11-20(30)12-10-18)14-23(31)27(32)38-39(6,7)29(2,3)4/h8-12,15-17,23,27,33H,1,13-14H2,2-7H3/t23-,27-/m0/s1. The van der Waals surface area contributed by atoms with E-state index in [9.17, 15) is 19.1 Å². The Morgan fingerprint density at radius 3 is 2.49 bits per heavy atom. The molecule has 0 aliphatic carbocycles. The summed E-state index contributed by atoms with van der Waals surface area (Å²) in [4.78, 5) is 30.6. The molecule has 1 N–H and O–H groups in total. The molecular formula is C29H35FN2O6Si. The van der Waals surface area contributed by atoms with E-state index in [1.807, 2.05) is 0 Å². The van der Waals surface area contributed by atoms with Crippen LogP contribution in [0.1, 0.15) is 43.1 Å². The van der Waals surface area contributed by atoms with E-state index in [4.69, 9.17) is 13.9 Å². The highest BCUT2D eigenvalue weighted by Crippen LogP contribution is 2.46. The second-order valence-corrected chi connectivity index (χ2v) is 15.9. The number of fused-ring (bicyclic) bond motifs is 2. The number of amides is 2. The smallest absolute Gasteiger partial charge is 0.416 e. The Balaban J connectivity index is 1.94. The fraction of sp³-hybridized carbons (Fsp3) is 0.379. The maximum Gasteiger partial charge on any atom is 0.416 e. The van der Waals surface area contributed by atoms with Crippen molar-refractivity contribution in [2.45, 2.75) is 57.6 Å². The quantitative estimate of drug-likeness (QED) is 0.334. The number of anilines is 1. The fourth-order valence-electron chi connectivity index (χ4n) is 4.50. The minimum Gasteiger partial charge on any atom is -0.504 e. The number of benzene rings is 2. The van der Waals surface area contributed by atoms with Gasteiger partial charge >= 0.3 is 6.09 Å². The first kappa shape index (κ1) is 28.4. The van der Waals surface area contributed by atoms with Crippen LogP contribution in [0.5, 0.6) is 11.5 Å². The van der Waals surface area contributed by atoms with E-state index in [2.05, 4.69) is 40.4 Å². The third kappa shape index (κ3) is 5.31. The van der Waals surface area contributed by atoms with Crippen LogP contribution < -0.4 is 9.64 Å². The fourth-order valence-corrected chi connectivity index (χ4v) is 5.72. The predicted molar refractivity (Wildman–Crippen MR) is 150 cm³/mol. The molecule has 2 amide bonds. The number of rotatable bonds is 6. The Kier molecular flexibility index (Phi) is 7.64. The number of carbonyl (C=O) groups is 2. The molecule has 208 valence electrons. The molecule has 2 aromatic rings. The van der Waals surface area contributed by atoms with Crippen LogP contribution in [0, 0.1) is 5.82 Å². The average Bonchev–Trinajstić information content (AvgIpc) is 3.28. The minimum atomic E-state index is -2.54. The zero-order chi connectivity index (χ0) is 28.7. The lowest BCUT2D eigenvalue weighted by Gasteiger charge is -2.44. The van der Waals surface area contributed by atoms with E-state index in [1.165, 1.54) is 42.4 Å². The summed E-state index contributed by atoms with van der Waals surface area (Å²) in [5.41, 5.74) is 1.85. The van der Waals surface area contributed by atoms with Crippen LogP contribution >= 0.6 is 0 Å². The van der Waals surface area contributed by atoms with E-state index in [0.717, 1.165) is 11.1 Å². The van der Waals surface area contributed by atoms with E-state index >= 15 is 0 Å². The molecule has 10 heteroatoms. The van der Waals surface area contributed by atoms with Gasteiger partial charge in [-0.2, -0.15) is 0 Å². The third-order valence-corrected chi connectivity index (χ3v) is 12.1. The molecule has 0 fully saturated rings. The SMILES string of the molecule is C=CCOC(=O)N1c2cc(O)c(OC)cc2C(=O)N2C=C(c3ccc(F)cc3)C[C@H]2[C@@H]1O[Si](C)(C)C(C)(C)C. The molecular weight excluding hydrogens is 519 g/mol. The molecule has 0 unspecified atom stereocenters. The number of aromatic hydroxyl groups is 1. The second kappa shape index (κ2) is 10.5. The van der Waals surface area contributed by atoms with E-state index in [1.54, 1.807) is 23.2 Å². The van der Waals surface area contributed by atoms with Crippen molar-refractivity contribution in [1.29, 1.82) is 0 Å². The highest BCUT2D eigenvalue weighted by atomic mass is 28.4. The van der Waals surface area contributed by atoms with Crippen LogP contribution in [0.15, 0.2) is 55.3 Å². The van der Waals surface area contributed by atoms with Gasteiger partial charge in [0, 0.05) is 12.3 Å². The van der Waals surface area contributed by atoms with Crippen LogP contribution in [0.25, 0.3) is 5.57 Å². The van der Waals surface area contributed by atoms with Gasteiger partial charge in [0.25, 0.3) is 5.91 Å². The van der Waals surface area contributed by atoms with E-state index in [0.29, 0.717) is 6.42 Å². The van der Waals surface area contributed by atoms with Gasteiger partial charge in [-0.15, -0.1) is 0 Å². The summed E-state index contributed by atoms with van der Waals surface area (Å²) in [5, 5.41) is 10.4. The molecule has 0 radical (unpaired) electrons. The zero-order valence-electron chi connectivity index (χ0n) is 23.2. The van der Waals surface area contributed by atoms with Crippen LogP contribution in [-0.2, 0) is 9.16 Å². The first-order chi connectivity index (χ1) is 18.3. The second-order valence-electron chi connectivity index (χ2n) is 11.2. The summed E-state index contributed by atoms with van der Waals surface area (Å²) in [5.74, 6) is -0.905. The van der Waals surface area contributed by atoms with Crippen LogP contribution in [0.4, 0.5) is 14.9 Å². The maximum atomic E-state index is 14.1. The number of ether oxygens (including phenoxy) is 2. The van der Waals surface area contributed by atoms with Crippen molar-refractivity contribution in [3.8, 4) is 11.5 Å². The van der Waals surface area contributed by atoms with Crippen molar-refractivity contribution in [3.05, 3.63) is 72.2 Å². The summed E-state index contributed by atoms with van der Waals surface area (Å²) in [7, 11) is -1.16. The summed E-state index contributed by atoms with van der Waals surface area (Å²) >= 11 is 0. The van der Waals surface area contributed by atoms with Crippen molar-refractivity contribution >= 4 is 31.6 Å². The molecule has 4 rings (SSSR count). The summed E-state index contributed by atoms with van der Waals surface area (Å²) in [6.45, 7) is 14.0. The number of nitrogens with zero attached hydrogens (tertiary/aromatic N) is 2. The molecule has 0 spiro atoms. The summed E-state index contributed by atoms with van der Waals surface area (Å²) in [6, 6.07) is 8.18. The van der Waals surface area contributed by atoms with Gasteiger partial charge in [-0.3, -0.25) is 4.79 Å². The molecule has 2 heterocycles. The van der Waals surface area contributed by atoms with Gasteiger partial charge in [-0.25, -0.2) is 14.1 Å². The molecule has 2 aliphatic rings. The molecule has 0 saturated carbocycles.